The van der Waals surface area contributed by atoms with Gasteiger partial charge in [0.25, 0.3) is 5.91 Å². The van der Waals surface area contributed by atoms with Crippen LogP contribution in [0.2, 0.25) is 0 Å². The van der Waals surface area contributed by atoms with Crippen LogP contribution in [0.1, 0.15) is 20.8 Å². The van der Waals surface area contributed by atoms with E-state index in [1.54, 1.807) is 29.6 Å². The van der Waals surface area contributed by atoms with Gasteiger partial charge in [0.2, 0.25) is 0 Å². The first-order valence-electron chi connectivity index (χ1n) is 6.40. The summed E-state index contributed by atoms with van der Waals surface area (Å²) in [5, 5.41) is 13.1. The van der Waals surface area contributed by atoms with Crippen LogP contribution in [0, 0.1) is 17.7 Å². The number of nitrogens with one attached hydrogen (secondary N) is 1. The number of aliphatic hydroxyl groups excluding tert-OH is 1. The van der Waals surface area contributed by atoms with Crippen LogP contribution >= 0.6 is 11.3 Å². The van der Waals surface area contributed by atoms with Gasteiger partial charge in [0, 0.05) is 11.9 Å². The van der Waals surface area contributed by atoms with Gasteiger partial charge in [0.05, 0.1) is 10.4 Å². The Kier molecular flexibility index (Phi) is 5.50. The molecule has 2 N–H and O–H groups in total. The molecule has 0 fully saturated rings. The third-order valence-electron chi connectivity index (χ3n) is 2.79. The van der Waals surface area contributed by atoms with Gasteiger partial charge in [-0.05, 0) is 24.1 Å². The highest BCUT2D eigenvalue weighted by molar-refractivity contribution is 7.10. The van der Waals surface area contributed by atoms with E-state index in [0.717, 1.165) is 4.88 Å². The molecule has 2 rings (SSSR count). The molecule has 0 unspecified atom stereocenters. The molecule has 2 aromatic rings. The van der Waals surface area contributed by atoms with Crippen molar-refractivity contribution in [3.63, 3.8) is 0 Å². The lowest BCUT2D eigenvalue weighted by Crippen LogP contribution is -2.25. The molecule has 1 aromatic heterocycles. The number of carbonyl (C=O) groups is 1. The predicted octanol–water partition coefficient (Wildman–Crippen LogP) is 2.20. The number of hydrogen-bond acceptors (Lipinski definition) is 3. The van der Waals surface area contributed by atoms with Crippen LogP contribution in [-0.4, -0.2) is 24.2 Å². The molecule has 1 aromatic carbocycles. The lowest BCUT2D eigenvalue weighted by molar-refractivity contribution is 0.0954. The fraction of sp³-hybridized carbons (Fsp3) is 0.188. The van der Waals surface area contributed by atoms with Crippen molar-refractivity contribution >= 4 is 17.2 Å². The first-order chi connectivity index (χ1) is 10.2. The Morgan fingerprint density at radius 2 is 2.19 bits per heavy atom. The number of halogens is 1. The Balaban J connectivity index is 1.87. The van der Waals surface area contributed by atoms with E-state index in [-0.39, 0.29) is 18.3 Å². The Morgan fingerprint density at radius 1 is 1.38 bits per heavy atom. The molecule has 0 aliphatic carbocycles. The monoisotopic (exact) mass is 303 g/mol. The summed E-state index contributed by atoms with van der Waals surface area (Å²) in [6.07, 6.45) is 0.444. The minimum Gasteiger partial charge on any atom is -0.384 e. The van der Waals surface area contributed by atoms with Crippen molar-refractivity contribution < 1.29 is 14.3 Å². The molecule has 0 radical (unpaired) electrons. The Labute approximate surface area is 126 Å². The Hall–Kier alpha value is -2.16. The number of aliphatic hydroxyl groups is 1. The molecular formula is C16H14FNO2S. The van der Waals surface area contributed by atoms with Crippen LogP contribution in [0.4, 0.5) is 4.39 Å². The molecule has 0 saturated carbocycles. The van der Waals surface area contributed by atoms with Crippen LogP contribution in [0.15, 0.2) is 35.7 Å². The van der Waals surface area contributed by atoms with Crippen LogP contribution in [-0.2, 0) is 6.42 Å². The lowest BCUT2D eigenvalue weighted by Gasteiger charge is -2.04. The van der Waals surface area contributed by atoms with Crippen molar-refractivity contribution in [1.29, 1.82) is 0 Å². The van der Waals surface area contributed by atoms with Crippen molar-refractivity contribution in [1.82, 2.24) is 5.32 Å². The summed E-state index contributed by atoms with van der Waals surface area (Å²) in [5.74, 6) is 4.81. The number of amides is 1. The van der Waals surface area contributed by atoms with Gasteiger partial charge in [0.15, 0.2) is 0 Å². The fourth-order valence-electron chi connectivity index (χ4n) is 1.76. The molecule has 0 atom stereocenters. The molecule has 0 aliphatic rings. The highest BCUT2D eigenvalue weighted by Crippen LogP contribution is 2.13. The van der Waals surface area contributed by atoms with Crippen LogP contribution in [0.25, 0.3) is 0 Å². The first-order valence-corrected chi connectivity index (χ1v) is 7.28. The van der Waals surface area contributed by atoms with Gasteiger partial charge >= 0.3 is 0 Å². The van der Waals surface area contributed by atoms with E-state index in [9.17, 15) is 9.18 Å². The van der Waals surface area contributed by atoms with E-state index in [1.165, 1.54) is 17.4 Å². The van der Waals surface area contributed by atoms with Crippen molar-refractivity contribution in [3.8, 4) is 11.8 Å². The molecule has 0 saturated heterocycles. The minimum atomic E-state index is -0.260. The van der Waals surface area contributed by atoms with Crippen molar-refractivity contribution in [3.05, 3.63) is 57.5 Å². The molecule has 0 aliphatic heterocycles. The topological polar surface area (TPSA) is 49.3 Å². The number of thiophene rings is 1. The standard InChI is InChI=1S/C16H14FNO2S/c17-15-6-2-1-4-12(15)7-8-18-16(20)13-10-14(21-11-13)5-3-9-19/h1-2,4,6,10-11,19H,7-9H2,(H,18,20). The van der Waals surface area contributed by atoms with Gasteiger partial charge in [-0.1, -0.05) is 30.0 Å². The Bertz CT molecular complexity index is 685. The molecule has 0 spiro atoms. The normalized spacial score (nSPS) is 9.81. The average Bonchev–Trinajstić information content (AvgIpc) is 2.96. The summed E-state index contributed by atoms with van der Waals surface area (Å²) in [6.45, 7) is 0.162. The fourth-order valence-corrected chi connectivity index (χ4v) is 2.52. The van der Waals surface area contributed by atoms with Crippen LogP contribution in [0.5, 0.6) is 0 Å². The quantitative estimate of drug-likeness (QED) is 0.851. The maximum absolute atomic E-state index is 13.4. The molecule has 1 amide bonds. The number of benzene rings is 1. The van der Waals surface area contributed by atoms with E-state index in [1.807, 2.05) is 0 Å². The van der Waals surface area contributed by atoms with Gasteiger partial charge in [0.1, 0.15) is 12.4 Å². The third kappa shape index (κ3) is 4.42. The maximum atomic E-state index is 13.4. The predicted molar refractivity (Wildman–Crippen MR) is 80.7 cm³/mol. The average molecular weight is 303 g/mol. The van der Waals surface area contributed by atoms with Gasteiger partial charge in [-0.3, -0.25) is 4.79 Å². The maximum Gasteiger partial charge on any atom is 0.252 e. The van der Waals surface area contributed by atoms with Gasteiger partial charge in [-0.2, -0.15) is 0 Å². The molecule has 1 heterocycles. The van der Waals surface area contributed by atoms with E-state index < -0.39 is 0 Å². The summed E-state index contributed by atoms with van der Waals surface area (Å²) < 4.78 is 13.4. The molecule has 21 heavy (non-hydrogen) atoms. The van der Waals surface area contributed by atoms with E-state index in [2.05, 4.69) is 17.2 Å². The van der Waals surface area contributed by atoms with Crippen molar-refractivity contribution in [2.24, 2.45) is 0 Å². The second kappa shape index (κ2) is 7.58. The zero-order valence-corrected chi connectivity index (χ0v) is 12.0. The molecular weight excluding hydrogens is 289 g/mol. The molecule has 108 valence electrons. The largest absolute Gasteiger partial charge is 0.384 e. The van der Waals surface area contributed by atoms with E-state index in [4.69, 9.17) is 5.11 Å². The van der Waals surface area contributed by atoms with Crippen molar-refractivity contribution in [2.75, 3.05) is 13.2 Å². The van der Waals surface area contributed by atoms with Crippen LogP contribution < -0.4 is 5.32 Å². The summed E-state index contributed by atoms with van der Waals surface area (Å²) in [7, 11) is 0. The molecule has 5 heteroatoms. The second-order valence-electron chi connectivity index (χ2n) is 4.26. The summed E-state index contributed by atoms with van der Waals surface area (Å²) in [4.78, 5) is 12.6. The molecule has 0 bridgehead atoms. The van der Waals surface area contributed by atoms with E-state index >= 15 is 0 Å². The minimum absolute atomic E-state index is 0.206. The zero-order valence-electron chi connectivity index (χ0n) is 11.2. The number of hydrogen-bond donors (Lipinski definition) is 2. The Morgan fingerprint density at radius 3 is 2.95 bits per heavy atom. The first kappa shape index (κ1) is 15.2. The summed E-state index contributed by atoms with van der Waals surface area (Å²) >= 11 is 1.34. The smallest absolute Gasteiger partial charge is 0.252 e. The second-order valence-corrected chi connectivity index (χ2v) is 5.17. The summed E-state index contributed by atoms with van der Waals surface area (Å²) in [6, 6.07) is 8.19. The highest BCUT2D eigenvalue weighted by atomic mass is 32.1. The van der Waals surface area contributed by atoms with Crippen molar-refractivity contribution in [2.45, 2.75) is 6.42 Å². The SMILES string of the molecule is O=C(NCCc1ccccc1F)c1csc(C#CCO)c1. The van der Waals surface area contributed by atoms with Gasteiger partial charge in [-0.15, -0.1) is 11.3 Å². The number of rotatable bonds is 4. The summed E-state index contributed by atoms with van der Waals surface area (Å²) in [5.41, 5.74) is 1.10. The zero-order chi connectivity index (χ0) is 15.1. The highest BCUT2D eigenvalue weighted by Gasteiger charge is 2.08. The van der Waals surface area contributed by atoms with Gasteiger partial charge in [-0.25, -0.2) is 4.39 Å². The van der Waals surface area contributed by atoms with E-state index in [0.29, 0.717) is 24.1 Å². The number of carbonyl (C=O) groups excluding carboxylic acids is 1. The van der Waals surface area contributed by atoms with Crippen LogP contribution in [0.3, 0.4) is 0 Å². The molecule has 3 nitrogen and oxygen atoms in total. The van der Waals surface area contributed by atoms with Gasteiger partial charge < -0.3 is 10.4 Å². The third-order valence-corrected chi connectivity index (χ3v) is 3.64. The lowest BCUT2D eigenvalue weighted by atomic mass is 10.1.